The van der Waals surface area contributed by atoms with Crippen molar-refractivity contribution in [3.8, 4) is 0 Å². The fraction of sp³-hybridized carbons (Fsp3) is 0.500. The Hall–Kier alpha value is -2.07. The molecule has 0 unspecified atom stereocenters. The van der Waals surface area contributed by atoms with E-state index in [1.807, 2.05) is 0 Å². The molecular formula is C26H37N3S. The van der Waals surface area contributed by atoms with Crippen molar-refractivity contribution in [2.75, 3.05) is 36.4 Å². The molecule has 0 spiro atoms. The van der Waals surface area contributed by atoms with E-state index in [0.717, 1.165) is 31.3 Å². The first-order valence-electron chi connectivity index (χ1n) is 11.2. The lowest BCUT2D eigenvalue weighted by atomic mass is 10.0. The van der Waals surface area contributed by atoms with Gasteiger partial charge >= 0.3 is 0 Å². The smallest absolute Gasteiger partial charge is 0.176 e. The summed E-state index contributed by atoms with van der Waals surface area (Å²) < 4.78 is 0. The Morgan fingerprint density at radius 3 is 1.87 bits per heavy atom. The molecule has 0 radical (unpaired) electrons. The molecule has 0 bridgehead atoms. The van der Waals surface area contributed by atoms with E-state index < -0.39 is 0 Å². The van der Waals surface area contributed by atoms with Gasteiger partial charge in [-0.25, -0.2) is 0 Å². The van der Waals surface area contributed by atoms with E-state index >= 15 is 0 Å². The van der Waals surface area contributed by atoms with Gasteiger partial charge in [-0.1, -0.05) is 35.4 Å². The van der Waals surface area contributed by atoms with Crippen LogP contribution >= 0.6 is 12.2 Å². The summed E-state index contributed by atoms with van der Waals surface area (Å²) in [5, 5.41) is 4.67. The summed E-state index contributed by atoms with van der Waals surface area (Å²) in [6, 6.07) is 9.05. The highest BCUT2D eigenvalue weighted by Gasteiger charge is 2.23. The van der Waals surface area contributed by atoms with Crippen LogP contribution in [0.2, 0.25) is 0 Å². The molecule has 4 heteroatoms. The van der Waals surface area contributed by atoms with Crippen LogP contribution in [0.15, 0.2) is 24.3 Å². The van der Waals surface area contributed by atoms with Gasteiger partial charge in [0, 0.05) is 37.6 Å². The van der Waals surface area contributed by atoms with E-state index in [4.69, 9.17) is 12.2 Å². The van der Waals surface area contributed by atoms with Gasteiger partial charge in [0.15, 0.2) is 5.11 Å². The predicted molar refractivity (Wildman–Crippen MR) is 135 cm³/mol. The van der Waals surface area contributed by atoms with Gasteiger partial charge in [-0.3, -0.25) is 0 Å². The Morgan fingerprint density at radius 2 is 1.33 bits per heavy atom. The number of nitrogens with one attached hydrogen (secondary N) is 1. The van der Waals surface area contributed by atoms with Crippen molar-refractivity contribution in [2.45, 2.75) is 60.8 Å². The highest BCUT2D eigenvalue weighted by atomic mass is 32.1. The normalized spacial score (nSPS) is 14.0. The number of nitrogens with zero attached hydrogens (tertiary/aromatic N) is 2. The third-order valence-electron chi connectivity index (χ3n) is 6.08. The van der Waals surface area contributed by atoms with Crippen molar-refractivity contribution >= 4 is 28.7 Å². The standard InChI is InChI=1S/C26H37N3S/c1-18-14-20(3)24(21(4)15-18)27-10-13-29(26(30)28-11-8-7-9-12-28)25-22(5)16-19(2)17-23(25)6/h14-17,27H,7-13H2,1-6H3. The fourth-order valence-electron chi connectivity index (χ4n) is 4.91. The van der Waals surface area contributed by atoms with Crippen LogP contribution in [0.5, 0.6) is 0 Å². The van der Waals surface area contributed by atoms with Crippen molar-refractivity contribution in [1.82, 2.24) is 4.90 Å². The number of thiocarbonyl (C=S) groups is 1. The summed E-state index contributed by atoms with van der Waals surface area (Å²) in [6.07, 6.45) is 3.79. The maximum absolute atomic E-state index is 6.05. The van der Waals surface area contributed by atoms with Crippen molar-refractivity contribution in [2.24, 2.45) is 0 Å². The predicted octanol–water partition coefficient (Wildman–Crippen LogP) is 6.23. The molecule has 1 aliphatic rings. The van der Waals surface area contributed by atoms with Crippen molar-refractivity contribution in [1.29, 1.82) is 0 Å². The molecule has 1 saturated heterocycles. The summed E-state index contributed by atoms with van der Waals surface area (Å²) in [7, 11) is 0. The van der Waals surface area contributed by atoms with Gasteiger partial charge in [0.1, 0.15) is 0 Å². The van der Waals surface area contributed by atoms with Gasteiger partial charge in [-0.2, -0.15) is 0 Å². The minimum absolute atomic E-state index is 0.853. The number of likely N-dealkylation sites (tertiary alicyclic amines) is 1. The van der Waals surface area contributed by atoms with Crippen LogP contribution in [0.25, 0.3) is 0 Å². The summed E-state index contributed by atoms with van der Waals surface area (Å²) in [6.45, 7) is 17.0. The van der Waals surface area contributed by atoms with Crippen molar-refractivity contribution < 1.29 is 0 Å². The van der Waals surface area contributed by atoms with E-state index in [0.29, 0.717) is 0 Å². The van der Waals surface area contributed by atoms with E-state index in [9.17, 15) is 0 Å². The molecule has 2 aromatic rings. The Bertz CT molecular complexity index is 866. The van der Waals surface area contributed by atoms with E-state index in [2.05, 4.69) is 80.9 Å². The zero-order valence-corrected chi connectivity index (χ0v) is 20.4. The van der Waals surface area contributed by atoms with Gasteiger partial charge < -0.3 is 15.1 Å². The minimum Gasteiger partial charge on any atom is -0.383 e. The first-order valence-corrected chi connectivity index (χ1v) is 11.6. The second kappa shape index (κ2) is 9.82. The molecule has 1 N–H and O–H groups in total. The van der Waals surface area contributed by atoms with Gasteiger partial charge in [-0.05, 0) is 95.3 Å². The molecule has 1 fully saturated rings. The van der Waals surface area contributed by atoms with Crippen LogP contribution in [0.3, 0.4) is 0 Å². The third-order valence-corrected chi connectivity index (χ3v) is 6.56. The van der Waals surface area contributed by atoms with Crippen LogP contribution in [-0.2, 0) is 0 Å². The SMILES string of the molecule is Cc1cc(C)c(NCCN(C(=S)N2CCCCC2)c2c(C)cc(C)cc2C)c(C)c1. The Kier molecular flexibility index (Phi) is 7.41. The van der Waals surface area contributed by atoms with Crippen LogP contribution in [0.1, 0.15) is 52.6 Å². The highest BCUT2D eigenvalue weighted by Crippen LogP contribution is 2.28. The van der Waals surface area contributed by atoms with Gasteiger partial charge in [-0.15, -0.1) is 0 Å². The monoisotopic (exact) mass is 423 g/mol. The Labute approximate surface area is 188 Å². The number of hydrogen-bond donors (Lipinski definition) is 1. The molecule has 3 rings (SSSR count). The molecule has 0 amide bonds. The Balaban J connectivity index is 1.84. The highest BCUT2D eigenvalue weighted by molar-refractivity contribution is 7.80. The van der Waals surface area contributed by atoms with Crippen molar-refractivity contribution in [3.63, 3.8) is 0 Å². The van der Waals surface area contributed by atoms with Gasteiger partial charge in [0.2, 0.25) is 0 Å². The maximum atomic E-state index is 6.05. The molecule has 0 saturated carbocycles. The lowest BCUT2D eigenvalue weighted by Gasteiger charge is -2.37. The minimum atomic E-state index is 0.853. The van der Waals surface area contributed by atoms with E-state index in [1.165, 1.54) is 64.0 Å². The molecule has 2 aromatic carbocycles. The summed E-state index contributed by atoms with van der Waals surface area (Å²) in [5.74, 6) is 0. The number of hydrogen-bond acceptors (Lipinski definition) is 2. The number of rotatable bonds is 5. The number of benzene rings is 2. The average molecular weight is 424 g/mol. The van der Waals surface area contributed by atoms with Gasteiger partial charge in [0.05, 0.1) is 0 Å². The molecule has 3 nitrogen and oxygen atoms in total. The second-order valence-corrected chi connectivity index (χ2v) is 9.29. The Morgan fingerprint density at radius 1 is 0.833 bits per heavy atom. The van der Waals surface area contributed by atoms with Crippen molar-refractivity contribution in [3.05, 3.63) is 57.6 Å². The molecule has 0 aliphatic carbocycles. The molecule has 30 heavy (non-hydrogen) atoms. The van der Waals surface area contributed by atoms with Crippen LogP contribution < -0.4 is 10.2 Å². The van der Waals surface area contributed by atoms with E-state index in [1.54, 1.807) is 0 Å². The molecule has 0 aromatic heterocycles. The summed E-state index contributed by atoms with van der Waals surface area (Å²) in [4.78, 5) is 4.77. The maximum Gasteiger partial charge on any atom is 0.176 e. The number of anilines is 2. The van der Waals surface area contributed by atoms with E-state index in [-0.39, 0.29) is 0 Å². The lowest BCUT2D eigenvalue weighted by molar-refractivity contribution is 0.342. The zero-order valence-electron chi connectivity index (χ0n) is 19.6. The average Bonchev–Trinajstić information content (AvgIpc) is 2.68. The summed E-state index contributed by atoms with van der Waals surface area (Å²) >= 11 is 6.05. The van der Waals surface area contributed by atoms with Gasteiger partial charge in [0.25, 0.3) is 0 Å². The molecule has 0 atom stereocenters. The zero-order chi connectivity index (χ0) is 21.8. The van der Waals surface area contributed by atoms with Crippen LogP contribution in [0, 0.1) is 41.5 Å². The largest absolute Gasteiger partial charge is 0.383 e. The molecule has 1 aliphatic heterocycles. The lowest BCUT2D eigenvalue weighted by Crippen LogP contribution is -2.47. The summed E-state index contributed by atoms with van der Waals surface area (Å²) in [5.41, 5.74) is 10.4. The second-order valence-electron chi connectivity index (χ2n) is 8.93. The molecule has 1 heterocycles. The van der Waals surface area contributed by atoms with Crippen LogP contribution in [0.4, 0.5) is 11.4 Å². The fourth-order valence-corrected chi connectivity index (χ4v) is 5.27. The molecule has 162 valence electrons. The quantitative estimate of drug-likeness (QED) is 0.575. The molecular weight excluding hydrogens is 386 g/mol. The number of aryl methyl sites for hydroxylation is 6. The van der Waals surface area contributed by atoms with Crippen LogP contribution in [-0.4, -0.2) is 36.2 Å². The number of piperidine rings is 1. The topological polar surface area (TPSA) is 18.5 Å². The third kappa shape index (κ3) is 5.15. The first kappa shape index (κ1) is 22.6. The first-order chi connectivity index (χ1) is 14.3.